The van der Waals surface area contributed by atoms with E-state index in [4.69, 9.17) is 0 Å². The topological polar surface area (TPSA) is 0 Å². The SMILES string of the molecule is CC=Cc1ccc(C)cc1.CC=Cc1ccc(C)cc1.CC=Cc1ccc(C)cc1.CC=Cc1ccc(C)cc1. The maximum atomic E-state index is 2.12. The molecule has 0 saturated heterocycles. The summed E-state index contributed by atoms with van der Waals surface area (Å²) in [6, 6.07) is 33.9. The molecule has 0 nitrogen and oxygen atoms in total. The molecule has 0 fully saturated rings. The fraction of sp³-hybridized carbons (Fsp3) is 0.200. The van der Waals surface area contributed by atoms with Crippen LogP contribution in [-0.4, -0.2) is 0 Å². The van der Waals surface area contributed by atoms with Crippen LogP contribution in [0.15, 0.2) is 121 Å². The van der Waals surface area contributed by atoms with Crippen molar-refractivity contribution in [2.75, 3.05) is 0 Å². The molecule has 0 bridgehead atoms. The summed E-state index contributed by atoms with van der Waals surface area (Å²) >= 11 is 0. The van der Waals surface area contributed by atoms with E-state index in [0.29, 0.717) is 0 Å². The molecule has 0 aliphatic carbocycles. The summed E-state index contributed by atoms with van der Waals surface area (Å²) in [4.78, 5) is 0. The summed E-state index contributed by atoms with van der Waals surface area (Å²) in [6.07, 6.45) is 16.6. The van der Waals surface area contributed by atoms with Crippen LogP contribution in [0.2, 0.25) is 0 Å². The van der Waals surface area contributed by atoms with E-state index in [9.17, 15) is 0 Å². The van der Waals surface area contributed by atoms with Crippen LogP contribution in [0.4, 0.5) is 0 Å². The third-order valence-corrected chi connectivity index (χ3v) is 5.75. The first kappa shape index (κ1) is 33.9. The Labute approximate surface area is 245 Å². The van der Waals surface area contributed by atoms with Gasteiger partial charge in [0.2, 0.25) is 0 Å². The lowest BCUT2D eigenvalue weighted by molar-refractivity contribution is 1.46. The highest BCUT2D eigenvalue weighted by Gasteiger charge is 1.85. The minimum absolute atomic E-state index is 1.27. The Morgan fingerprint density at radius 3 is 0.550 bits per heavy atom. The van der Waals surface area contributed by atoms with Crippen LogP contribution in [0.1, 0.15) is 72.2 Å². The highest BCUT2D eigenvalue weighted by molar-refractivity contribution is 5.51. The van der Waals surface area contributed by atoms with E-state index in [1.54, 1.807) is 0 Å². The van der Waals surface area contributed by atoms with Gasteiger partial charge in [0.15, 0.2) is 0 Å². The molecule has 4 aromatic carbocycles. The standard InChI is InChI=1S/4C10H12/c4*1-3-4-10-7-5-9(2)6-8-10/h4*3-8H,1-2H3. The average molecular weight is 529 g/mol. The Morgan fingerprint density at radius 2 is 0.425 bits per heavy atom. The summed E-state index contributed by atoms with van der Waals surface area (Å²) in [5, 5.41) is 0. The van der Waals surface area contributed by atoms with Crippen LogP contribution in [-0.2, 0) is 0 Å². The molecule has 0 heterocycles. The van der Waals surface area contributed by atoms with Gasteiger partial charge in [0, 0.05) is 0 Å². The van der Waals surface area contributed by atoms with Crippen LogP contribution >= 0.6 is 0 Å². The zero-order chi connectivity index (χ0) is 29.6. The Kier molecular flexibility index (Phi) is 17.6. The monoisotopic (exact) mass is 528 g/mol. The Morgan fingerprint density at radius 1 is 0.275 bits per heavy atom. The molecule has 4 rings (SSSR count). The lowest BCUT2D eigenvalue weighted by Crippen LogP contribution is -1.71. The first-order valence-electron chi connectivity index (χ1n) is 14.1. The molecule has 40 heavy (non-hydrogen) atoms. The van der Waals surface area contributed by atoms with Gasteiger partial charge in [-0.25, -0.2) is 0 Å². The van der Waals surface area contributed by atoms with E-state index >= 15 is 0 Å². The largest absolute Gasteiger partial charge is 0.0871 e. The lowest BCUT2D eigenvalue weighted by atomic mass is 10.1. The molecule has 0 atom stereocenters. The van der Waals surface area contributed by atoms with Crippen molar-refractivity contribution >= 4 is 24.3 Å². The fourth-order valence-corrected chi connectivity index (χ4v) is 3.48. The fourth-order valence-electron chi connectivity index (χ4n) is 3.48. The number of hydrogen-bond donors (Lipinski definition) is 0. The van der Waals surface area contributed by atoms with Crippen molar-refractivity contribution in [3.63, 3.8) is 0 Å². The third-order valence-electron chi connectivity index (χ3n) is 5.75. The van der Waals surface area contributed by atoms with Gasteiger partial charge in [-0.2, -0.15) is 0 Å². The Balaban J connectivity index is 0.000000267. The van der Waals surface area contributed by atoms with Crippen molar-refractivity contribution in [3.8, 4) is 0 Å². The smallest absolute Gasteiger partial charge is 0.0260 e. The maximum absolute atomic E-state index is 2.12. The molecular weight excluding hydrogens is 480 g/mol. The first-order chi connectivity index (χ1) is 19.3. The zero-order valence-corrected chi connectivity index (χ0v) is 25.9. The lowest BCUT2D eigenvalue weighted by Gasteiger charge is -1.92. The normalized spacial score (nSPS) is 10.6. The minimum Gasteiger partial charge on any atom is -0.0871 e. The van der Waals surface area contributed by atoms with Crippen molar-refractivity contribution in [2.24, 2.45) is 0 Å². The first-order valence-corrected chi connectivity index (χ1v) is 14.1. The van der Waals surface area contributed by atoms with E-state index in [1.807, 2.05) is 52.0 Å². The second-order valence-electron chi connectivity index (χ2n) is 9.64. The highest BCUT2D eigenvalue weighted by atomic mass is 13.9. The highest BCUT2D eigenvalue weighted by Crippen LogP contribution is 2.06. The third kappa shape index (κ3) is 15.9. The molecule has 4 aromatic rings. The van der Waals surface area contributed by atoms with Crippen LogP contribution in [0.5, 0.6) is 0 Å². The van der Waals surface area contributed by atoms with Gasteiger partial charge < -0.3 is 0 Å². The van der Waals surface area contributed by atoms with E-state index in [1.165, 1.54) is 44.5 Å². The predicted molar refractivity (Wildman–Crippen MR) is 184 cm³/mol. The average Bonchev–Trinajstić information content (AvgIpc) is 2.96. The molecule has 0 aromatic heterocycles. The Bertz CT molecular complexity index is 1080. The summed E-state index contributed by atoms with van der Waals surface area (Å²) in [6.45, 7) is 16.5. The van der Waals surface area contributed by atoms with Crippen LogP contribution in [0, 0.1) is 27.7 Å². The van der Waals surface area contributed by atoms with Crippen molar-refractivity contribution in [3.05, 3.63) is 166 Å². The van der Waals surface area contributed by atoms with Crippen molar-refractivity contribution in [2.45, 2.75) is 55.4 Å². The quantitative estimate of drug-likeness (QED) is 0.247. The second-order valence-corrected chi connectivity index (χ2v) is 9.64. The minimum atomic E-state index is 1.27. The molecule has 0 aliphatic rings. The Hall–Kier alpha value is -4.16. The number of hydrogen-bond acceptors (Lipinski definition) is 0. The van der Waals surface area contributed by atoms with Crippen LogP contribution in [0.25, 0.3) is 24.3 Å². The maximum Gasteiger partial charge on any atom is -0.0260 e. The van der Waals surface area contributed by atoms with E-state index in [2.05, 4.69) is 149 Å². The number of aryl methyl sites for hydroxylation is 4. The molecule has 0 spiro atoms. The number of benzene rings is 4. The van der Waals surface area contributed by atoms with E-state index in [-0.39, 0.29) is 0 Å². The molecule has 0 saturated carbocycles. The summed E-state index contributed by atoms with van der Waals surface area (Å²) < 4.78 is 0. The van der Waals surface area contributed by atoms with Gasteiger partial charge in [-0.05, 0) is 77.6 Å². The molecule has 0 radical (unpaired) electrons. The molecule has 208 valence electrons. The number of allylic oxidation sites excluding steroid dienone is 4. The van der Waals surface area contributed by atoms with Crippen LogP contribution in [0.3, 0.4) is 0 Å². The molecule has 0 unspecified atom stereocenters. The van der Waals surface area contributed by atoms with E-state index < -0.39 is 0 Å². The number of rotatable bonds is 4. The van der Waals surface area contributed by atoms with Crippen molar-refractivity contribution in [1.29, 1.82) is 0 Å². The van der Waals surface area contributed by atoms with Gasteiger partial charge in [0.05, 0.1) is 0 Å². The summed E-state index contributed by atoms with van der Waals surface area (Å²) in [5.74, 6) is 0. The van der Waals surface area contributed by atoms with Gasteiger partial charge in [0.1, 0.15) is 0 Å². The molecular formula is C40H48. The van der Waals surface area contributed by atoms with E-state index in [0.717, 1.165) is 0 Å². The van der Waals surface area contributed by atoms with Gasteiger partial charge >= 0.3 is 0 Å². The van der Waals surface area contributed by atoms with Gasteiger partial charge in [-0.1, -0.05) is 168 Å². The zero-order valence-electron chi connectivity index (χ0n) is 25.9. The second kappa shape index (κ2) is 20.8. The molecule has 0 aliphatic heterocycles. The van der Waals surface area contributed by atoms with Crippen molar-refractivity contribution in [1.82, 2.24) is 0 Å². The summed E-state index contributed by atoms with van der Waals surface area (Å²) in [5.41, 5.74) is 10.3. The van der Waals surface area contributed by atoms with Crippen LogP contribution < -0.4 is 0 Å². The molecule has 0 heteroatoms. The predicted octanol–water partition coefficient (Wildman–Crippen LogP) is 12.1. The van der Waals surface area contributed by atoms with Gasteiger partial charge in [0.25, 0.3) is 0 Å². The van der Waals surface area contributed by atoms with Crippen molar-refractivity contribution < 1.29 is 0 Å². The summed E-state index contributed by atoms with van der Waals surface area (Å²) in [7, 11) is 0. The molecule has 0 N–H and O–H groups in total. The van der Waals surface area contributed by atoms with Gasteiger partial charge in [-0.15, -0.1) is 0 Å². The molecule has 0 amide bonds. The van der Waals surface area contributed by atoms with Gasteiger partial charge in [-0.3, -0.25) is 0 Å².